The second-order valence-corrected chi connectivity index (χ2v) is 6.20. The van der Waals surface area contributed by atoms with Crippen LogP contribution in [-0.4, -0.2) is 25.8 Å². The summed E-state index contributed by atoms with van der Waals surface area (Å²) in [4.78, 5) is 0.394. The van der Waals surface area contributed by atoms with Gasteiger partial charge in [-0.15, -0.1) is 0 Å². The lowest BCUT2D eigenvalue weighted by molar-refractivity contribution is 0.428. The van der Waals surface area contributed by atoms with Crippen LogP contribution in [0, 0.1) is 6.92 Å². The quantitative estimate of drug-likeness (QED) is 0.757. The van der Waals surface area contributed by atoms with Crippen molar-refractivity contribution in [1.82, 2.24) is 4.31 Å². The average Bonchev–Trinajstić information content (AvgIpc) is 2.58. The molecule has 0 atom stereocenters. The Labute approximate surface area is 103 Å². The largest absolute Gasteiger partial charge is 0.243 e. The third-order valence-corrected chi connectivity index (χ3v) is 4.83. The fourth-order valence-electron chi connectivity index (χ4n) is 1.88. The summed E-state index contributed by atoms with van der Waals surface area (Å²) in [7, 11) is -3.31. The number of sulfonamides is 1. The molecule has 0 aliphatic carbocycles. The van der Waals surface area contributed by atoms with Gasteiger partial charge < -0.3 is 0 Å². The van der Waals surface area contributed by atoms with Gasteiger partial charge in [0.05, 0.1) is 4.90 Å². The molecule has 1 aliphatic rings. The molecule has 3 nitrogen and oxygen atoms in total. The van der Waals surface area contributed by atoms with E-state index in [1.165, 1.54) is 0 Å². The first-order valence-corrected chi connectivity index (χ1v) is 7.26. The van der Waals surface area contributed by atoms with Crippen LogP contribution in [0.15, 0.2) is 41.3 Å². The number of rotatable bonds is 2. The highest BCUT2D eigenvalue weighted by molar-refractivity contribution is 7.89. The summed E-state index contributed by atoms with van der Waals surface area (Å²) >= 11 is 0. The first kappa shape index (κ1) is 12.3. The maximum Gasteiger partial charge on any atom is 0.243 e. The fraction of sp³-hybridized carbons (Fsp3) is 0.385. The summed E-state index contributed by atoms with van der Waals surface area (Å²) in [5.41, 5.74) is 1.07. The van der Waals surface area contributed by atoms with Crippen LogP contribution in [-0.2, 0) is 10.0 Å². The molecule has 1 aromatic carbocycles. The average molecular weight is 251 g/mol. The number of benzene rings is 1. The van der Waals surface area contributed by atoms with Crippen LogP contribution in [0.2, 0.25) is 0 Å². The van der Waals surface area contributed by atoms with Gasteiger partial charge in [-0.2, -0.15) is 4.31 Å². The summed E-state index contributed by atoms with van der Waals surface area (Å²) in [5.74, 6) is 0. The van der Waals surface area contributed by atoms with E-state index in [-0.39, 0.29) is 0 Å². The number of hydrogen-bond acceptors (Lipinski definition) is 2. The Bertz CT molecular complexity index is 493. The minimum Gasteiger partial charge on any atom is -0.207 e. The summed E-state index contributed by atoms with van der Waals surface area (Å²) < 4.78 is 26.3. The Morgan fingerprint density at radius 3 is 2.06 bits per heavy atom. The van der Waals surface area contributed by atoms with Crippen molar-refractivity contribution in [3.8, 4) is 0 Å². The lowest BCUT2D eigenvalue weighted by Gasteiger charge is -2.19. The Morgan fingerprint density at radius 1 is 1.00 bits per heavy atom. The molecule has 0 unspecified atom stereocenters. The van der Waals surface area contributed by atoms with E-state index >= 15 is 0 Å². The fourth-order valence-corrected chi connectivity index (χ4v) is 3.35. The van der Waals surface area contributed by atoms with Crippen LogP contribution in [0.25, 0.3) is 0 Å². The molecule has 4 heteroatoms. The molecule has 0 amide bonds. The van der Waals surface area contributed by atoms with Crippen LogP contribution < -0.4 is 0 Å². The van der Waals surface area contributed by atoms with Gasteiger partial charge in [-0.3, -0.25) is 0 Å². The molecule has 0 saturated carbocycles. The predicted molar refractivity (Wildman–Crippen MR) is 68.3 cm³/mol. The van der Waals surface area contributed by atoms with Crippen LogP contribution in [0.1, 0.15) is 18.4 Å². The van der Waals surface area contributed by atoms with Gasteiger partial charge >= 0.3 is 0 Å². The Balaban J connectivity index is 2.26. The lowest BCUT2D eigenvalue weighted by atomic mass is 10.2. The first-order valence-electron chi connectivity index (χ1n) is 5.82. The van der Waals surface area contributed by atoms with E-state index in [2.05, 4.69) is 0 Å². The molecule has 0 bridgehead atoms. The molecule has 1 aliphatic heterocycles. The Hall–Kier alpha value is -1.13. The zero-order valence-corrected chi connectivity index (χ0v) is 10.8. The monoisotopic (exact) mass is 251 g/mol. The van der Waals surface area contributed by atoms with Crippen LogP contribution in [0.4, 0.5) is 0 Å². The van der Waals surface area contributed by atoms with Gasteiger partial charge in [0.2, 0.25) is 10.0 Å². The molecule has 0 aromatic heterocycles. The number of nitrogens with zero attached hydrogens (tertiary/aromatic N) is 1. The molecular formula is C13H17NO2S. The van der Waals surface area contributed by atoms with Gasteiger partial charge in [-0.1, -0.05) is 29.8 Å². The molecule has 1 heterocycles. The first-order chi connectivity index (χ1) is 8.10. The molecule has 2 rings (SSSR count). The zero-order valence-electron chi connectivity index (χ0n) is 9.96. The Kier molecular flexibility index (Phi) is 3.64. The van der Waals surface area contributed by atoms with E-state index in [1.54, 1.807) is 16.4 Å². The van der Waals surface area contributed by atoms with Crippen molar-refractivity contribution >= 4 is 10.0 Å². The molecule has 0 N–H and O–H groups in total. The van der Waals surface area contributed by atoms with Crippen molar-refractivity contribution < 1.29 is 8.42 Å². The van der Waals surface area contributed by atoms with Gasteiger partial charge in [-0.25, -0.2) is 8.42 Å². The van der Waals surface area contributed by atoms with Crippen LogP contribution >= 0.6 is 0 Å². The summed E-state index contributed by atoms with van der Waals surface area (Å²) in [6, 6.07) is 7.04. The molecule has 17 heavy (non-hydrogen) atoms. The van der Waals surface area contributed by atoms with E-state index in [4.69, 9.17) is 0 Å². The van der Waals surface area contributed by atoms with Crippen molar-refractivity contribution in [3.05, 3.63) is 42.0 Å². The van der Waals surface area contributed by atoms with Crippen molar-refractivity contribution in [2.45, 2.75) is 24.7 Å². The standard InChI is InChI=1S/C13H17NO2S/c1-12-6-8-13(9-7-12)17(15,16)14-10-4-2-3-5-11-14/h2-3,6-9H,4-5,10-11H2,1H3. The van der Waals surface area contributed by atoms with E-state index in [0.29, 0.717) is 18.0 Å². The predicted octanol–water partition coefficient (Wildman–Crippen LogP) is 2.34. The van der Waals surface area contributed by atoms with E-state index in [9.17, 15) is 8.42 Å². The molecule has 92 valence electrons. The van der Waals surface area contributed by atoms with Crippen molar-refractivity contribution in [2.24, 2.45) is 0 Å². The third kappa shape index (κ3) is 2.76. The third-order valence-electron chi connectivity index (χ3n) is 2.92. The molecule has 1 aromatic rings. The maximum atomic E-state index is 12.3. The second-order valence-electron chi connectivity index (χ2n) is 4.27. The van der Waals surface area contributed by atoms with Gasteiger partial charge in [0.25, 0.3) is 0 Å². The summed E-state index contributed by atoms with van der Waals surface area (Å²) in [6.45, 7) is 3.10. The maximum absolute atomic E-state index is 12.3. The van der Waals surface area contributed by atoms with Gasteiger partial charge in [0, 0.05) is 13.1 Å². The van der Waals surface area contributed by atoms with E-state index < -0.39 is 10.0 Å². The van der Waals surface area contributed by atoms with Crippen molar-refractivity contribution in [1.29, 1.82) is 0 Å². The number of hydrogen-bond donors (Lipinski definition) is 0. The normalized spacial score (nSPS) is 17.9. The second kappa shape index (κ2) is 5.02. The highest BCUT2D eigenvalue weighted by Crippen LogP contribution is 2.18. The number of aryl methyl sites for hydroxylation is 1. The van der Waals surface area contributed by atoms with Gasteiger partial charge in [0.15, 0.2) is 0 Å². The Morgan fingerprint density at radius 2 is 1.53 bits per heavy atom. The highest BCUT2D eigenvalue weighted by atomic mass is 32.2. The highest BCUT2D eigenvalue weighted by Gasteiger charge is 2.23. The SMILES string of the molecule is Cc1ccc(S(=O)(=O)N2CCC=CCC2)cc1. The smallest absolute Gasteiger partial charge is 0.207 e. The van der Waals surface area contributed by atoms with E-state index in [1.807, 2.05) is 31.2 Å². The molecule has 0 spiro atoms. The van der Waals surface area contributed by atoms with E-state index in [0.717, 1.165) is 18.4 Å². The van der Waals surface area contributed by atoms with Crippen molar-refractivity contribution in [2.75, 3.05) is 13.1 Å². The molecule has 0 saturated heterocycles. The molecular weight excluding hydrogens is 234 g/mol. The minimum atomic E-state index is -3.31. The molecule has 0 radical (unpaired) electrons. The summed E-state index contributed by atoms with van der Waals surface area (Å²) in [5, 5.41) is 0. The lowest BCUT2D eigenvalue weighted by Crippen LogP contribution is -2.32. The van der Waals surface area contributed by atoms with Gasteiger partial charge in [-0.05, 0) is 31.9 Å². The zero-order chi connectivity index (χ0) is 12.3. The van der Waals surface area contributed by atoms with Gasteiger partial charge in [0.1, 0.15) is 0 Å². The van der Waals surface area contributed by atoms with Crippen LogP contribution in [0.3, 0.4) is 0 Å². The van der Waals surface area contributed by atoms with Crippen molar-refractivity contribution in [3.63, 3.8) is 0 Å². The van der Waals surface area contributed by atoms with Crippen LogP contribution in [0.5, 0.6) is 0 Å². The minimum absolute atomic E-state index is 0.394. The molecule has 0 fully saturated rings. The topological polar surface area (TPSA) is 37.4 Å². The summed E-state index contributed by atoms with van der Waals surface area (Å²) in [6.07, 6.45) is 5.69.